The number of carbonyl (C=O) groups excluding carboxylic acids is 2. The Morgan fingerprint density at radius 3 is 2.52 bits per heavy atom. The van der Waals surface area contributed by atoms with Gasteiger partial charge in [-0.15, -0.1) is 10.2 Å². The van der Waals surface area contributed by atoms with Crippen molar-refractivity contribution < 1.29 is 9.59 Å². The minimum atomic E-state index is -0.252. The average Bonchev–Trinajstić information content (AvgIpc) is 3.38. The first-order valence-corrected chi connectivity index (χ1v) is 10.1. The number of aromatic nitrogens is 2. The van der Waals surface area contributed by atoms with E-state index in [1.807, 2.05) is 12.1 Å². The molecule has 27 heavy (non-hydrogen) atoms. The lowest BCUT2D eigenvalue weighted by Crippen LogP contribution is -2.25. The number of hydrogen-bond donors (Lipinski definition) is 2. The van der Waals surface area contributed by atoms with Crippen LogP contribution in [0.1, 0.15) is 66.4 Å². The molecule has 0 bridgehead atoms. The summed E-state index contributed by atoms with van der Waals surface area (Å²) in [5, 5.41) is 15.4. The third-order valence-corrected chi connectivity index (χ3v) is 5.52. The summed E-state index contributed by atoms with van der Waals surface area (Å²) in [5.41, 5.74) is 1.48. The van der Waals surface area contributed by atoms with Gasteiger partial charge in [-0.1, -0.05) is 37.3 Å². The molecule has 2 aromatic rings. The molecule has 0 aliphatic heterocycles. The summed E-state index contributed by atoms with van der Waals surface area (Å²) in [4.78, 5) is 24.0. The Balaban J connectivity index is 1.54. The highest BCUT2D eigenvalue weighted by Crippen LogP contribution is 2.28. The fraction of sp³-hybridized carbons (Fsp3) is 0.400. The van der Waals surface area contributed by atoms with Crippen molar-refractivity contribution in [3.8, 4) is 0 Å². The summed E-state index contributed by atoms with van der Waals surface area (Å²) in [5.74, 6) is 0.0902. The molecule has 1 aliphatic rings. The van der Waals surface area contributed by atoms with Gasteiger partial charge in [0.2, 0.25) is 11.0 Å². The number of benzene rings is 1. The van der Waals surface area contributed by atoms with Crippen molar-refractivity contribution in [2.75, 3.05) is 5.32 Å². The highest BCUT2D eigenvalue weighted by molar-refractivity contribution is 7.15. The fourth-order valence-corrected chi connectivity index (χ4v) is 3.66. The maximum atomic E-state index is 12.1. The van der Waals surface area contributed by atoms with Gasteiger partial charge in [-0.3, -0.25) is 14.9 Å². The lowest BCUT2D eigenvalue weighted by molar-refractivity contribution is -0.111. The monoisotopic (exact) mass is 384 g/mol. The Morgan fingerprint density at radius 1 is 1.19 bits per heavy atom. The zero-order valence-electron chi connectivity index (χ0n) is 15.6. The number of nitrogens with zero attached hydrogens (tertiary/aromatic N) is 2. The van der Waals surface area contributed by atoms with Crippen LogP contribution in [0.4, 0.5) is 5.13 Å². The van der Waals surface area contributed by atoms with Gasteiger partial charge in [0.15, 0.2) is 0 Å². The largest absolute Gasteiger partial charge is 0.349 e. The van der Waals surface area contributed by atoms with Crippen molar-refractivity contribution in [2.45, 2.75) is 51.5 Å². The van der Waals surface area contributed by atoms with E-state index in [0.717, 1.165) is 36.3 Å². The van der Waals surface area contributed by atoms with Crippen LogP contribution in [0.5, 0.6) is 0 Å². The number of hydrogen-bond acceptors (Lipinski definition) is 5. The first kappa shape index (κ1) is 19.2. The molecular weight excluding hydrogens is 360 g/mol. The van der Waals surface area contributed by atoms with Gasteiger partial charge in [0.1, 0.15) is 5.01 Å². The fourth-order valence-electron chi connectivity index (χ4n) is 2.65. The third-order valence-electron chi connectivity index (χ3n) is 4.52. The Bertz CT molecular complexity index is 821. The van der Waals surface area contributed by atoms with Gasteiger partial charge in [-0.05, 0) is 49.5 Å². The summed E-state index contributed by atoms with van der Waals surface area (Å²) in [7, 11) is 0. The lowest BCUT2D eigenvalue weighted by Gasteiger charge is -2.05. The Kier molecular flexibility index (Phi) is 6.34. The average molecular weight is 385 g/mol. The molecule has 7 heteroatoms. The summed E-state index contributed by atoms with van der Waals surface area (Å²) < 4.78 is 0. The van der Waals surface area contributed by atoms with Gasteiger partial charge >= 0.3 is 0 Å². The van der Waals surface area contributed by atoms with Crippen molar-refractivity contribution in [1.29, 1.82) is 0 Å². The van der Waals surface area contributed by atoms with Crippen LogP contribution in [-0.4, -0.2) is 28.1 Å². The molecule has 3 rings (SSSR count). The first-order chi connectivity index (χ1) is 13.1. The van der Waals surface area contributed by atoms with E-state index < -0.39 is 0 Å². The molecule has 1 heterocycles. The normalized spacial score (nSPS) is 13.9. The molecule has 1 aliphatic carbocycles. The Hall–Kier alpha value is -2.54. The molecule has 1 aromatic carbocycles. The zero-order valence-corrected chi connectivity index (χ0v) is 16.4. The Morgan fingerprint density at radius 2 is 1.89 bits per heavy atom. The second-order valence-corrected chi connectivity index (χ2v) is 7.66. The van der Waals surface area contributed by atoms with E-state index in [2.05, 4.69) is 34.7 Å². The predicted molar refractivity (Wildman–Crippen MR) is 108 cm³/mol. The highest BCUT2D eigenvalue weighted by atomic mass is 32.1. The second-order valence-electron chi connectivity index (χ2n) is 6.65. The summed E-state index contributed by atoms with van der Waals surface area (Å²) in [6.45, 7) is 4.24. The molecule has 6 nitrogen and oxygen atoms in total. The first-order valence-electron chi connectivity index (χ1n) is 9.32. The zero-order chi connectivity index (χ0) is 19.2. The number of carbonyl (C=O) groups is 2. The molecule has 1 saturated carbocycles. The van der Waals surface area contributed by atoms with E-state index in [1.165, 1.54) is 17.4 Å². The molecule has 1 fully saturated rings. The predicted octanol–water partition coefficient (Wildman–Crippen LogP) is 3.99. The summed E-state index contributed by atoms with van der Waals surface area (Å²) in [6, 6.07) is 7.51. The maximum absolute atomic E-state index is 12.1. The SMILES string of the molecule is CCC(CC)c1nnc(NC(=O)/C=C/c2ccc(C(=O)NC3CC3)cc2)s1. The molecule has 0 saturated heterocycles. The van der Waals surface area contributed by atoms with Crippen LogP contribution in [0.25, 0.3) is 6.08 Å². The molecule has 142 valence electrons. The molecule has 1 aromatic heterocycles. The highest BCUT2D eigenvalue weighted by Gasteiger charge is 2.23. The van der Waals surface area contributed by atoms with Gasteiger partial charge in [0.25, 0.3) is 5.91 Å². The van der Waals surface area contributed by atoms with E-state index in [4.69, 9.17) is 0 Å². The summed E-state index contributed by atoms with van der Waals surface area (Å²) >= 11 is 1.42. The number of anilines is 1. The molecule has 0 unspecified atom stereocenters. The van der Waals surface area contributed by atoms with Crippen LogP contribution >= 0.6 is 11.3 Å². The van der Waals surface area contributed by atoms with E-state index in [1.54, 1.807) is 18.2 Å². The number of rotatable bonds is 8. The second kappa shape index (κ2) is 8.90. The van der Waals surface area contributed by atoms with Crippen LogP contribution < -0.4 is 10.6 Å². The molecule has 0 radical (unpaired) electrons. The standard InChI is InChI=1S/C20H24N4O2S/c1-3-14(4-2)19-23-24-20(27-19)22-17(25)12-7-13-5-8-15(9-6-13)18(26)21-16-10-11-16/h5-9,12,14,16H,3-4,10-11H2,1-2H3,(H,21,26)(H,22,24,25)/b12-7+. The number of amides is 2. The van der Waals surface area contributed by atoms with Gasteiger partial charge in [-0.2, -0.15) is 0 Å². The van der Waals surface area contributed by atoms with Gasteiger partial charge in [0.05, 0.1) is 0 Å². The van der Waals surface area contributed by atoms with E-state index in [9.17, 15) is 9.59 Å². The third kappa shape index (κ3) is 5.47. The summed E-state index contributed by atoms with van der Waals surface area (Å²) in [6.07, 6.45) is 7.31. The number of nitrogens with one attached hydrogen (secondary N) is 2. The molecule has 0 atom stereocenters. The maximum Gasteiger partial charge on any atom is 0.251 e. The van der Waals surface area contributed by atoms with E-state index in [0.29, 0.717) is 22.7 Å². The van der Waals surface area contributed by atoms with Crippen LogP contribution in [0.2, 0.25) is 0 Å². The van der Waals surface area contributed by atoms with Crippen molar-refractivity contribution in [3.05, 3.63) is 46.5 Å². The van der Waals surface area contributed by atoms with Crippen LogP contribution in [0.15, 0.2) is 30.3 Å². The molecule has 0 spiro atoms. The van der Waals surface area contributed by atoms with Crippen molar-refractivity contribution in [1.82, 2.24) is 15.5 Å². The molecular formula is C20H24N4O2S. The van der Waals surface area contributed by atoms with Gasteiger partial charge < -0.3 is 5.32 Å². The van der Waals surface area contributed by atoms with Crippen molar-refractivity contribution in [2.24, 2.45) is 0 Å². The minimum absolute atomic E-state index is 0.0460. The smallest absolute Gasteiger partial charge is 0.251 e. The van der Waals surface area contributed by atoms with Gasteiger partial charge in [0, 0.05) is 23.6 Å². The Labute approximate surface area is 163 Å². The van der Waals surface area contributed by atoms with E-state index in [-0.39, 0.29) is 11.8 Å². The van der Waals surface area contributed by atoms with Crippen LogP contribution in [0.3, 0.4) is 0 Å². The topological polar surface area (TPSA) is 84.0 Å². The minimum Gasteiger partial charge on any atom is -0.349 e. The van der Waals surface area contributed by atoms with E-state index >= 15 is 0 Å². The van der Waals surface area contributed by atoms with Crippen LogP contribution in [-0.2, 0) is 4.79 Å². The van der Waals surface area contributed by atoms with Crippen LogP contribution in [0, 0.1) is 0 Å². The lowest BCUT2D eigenvalue weighted by atomic mass is 10.1. The van der Waals surface area contributed by atoms with Crippen molar-refractivity contribution in [3.63, 3.8) is 0 Å². The molecule has 2 amide bonds. The van der Waals surface area contributed by atoms with Gasteiger partial charge in [-0.25, -0.2) is 0 Å². The van der Waals surface area contributed by atoms with Crippen molar-refractivity contribution >= 4 is 34.4 Å². The molecule has 2 N–H and O–H groups in total. The quantitative estimate of drug-likeness (QED) is 0.674.